The SMILES string of the molecule is CC(C)(C)c1ccc(S(=O)(=O)N2CCC[C@@H](C(=O)O)C2)cc1. The molecule has 1 aromatic carbocycles. The van der Waals surface area contributed by atoms with Crippen molar-refractivity contribution in [1.82, 2.24) is 4.31 Å². The Balaban J connectivity index is 2.25. The van der Waals surface area contributed by atoms with Gasteiger partial charge in [-0.05, 0) is 36.0 Å². The van der Waals surface area contributed by atoms with Gasteiger partial charge in [0.2, 0.25) is 10.0 Å². The molecule has 6 heteroatoms. The molecule has 1 aliphatic heterocycles. The maximum Gasteiger partial charge on any atom is 0.307 e. The van der Waals surface area contributed by atoms with Crippen LogP contribution in [-0.4, -0.2) is 36.9 Å². The molecule has 1 fully saturated rings. The van der Waals surface area contributed by atoms with Crippen molar-refractivity contribution in [3.8, 4) is 0 Å². The number of aliphatic carboxylic acids is 1. The first-order valence-corrected chi connectivity index (χ1v) is 8.90. The molecule has 1 aromatic rings. The molecule has 1 N–H and O–H groups in total. The van der Waals surface area contributed by atoms with Gasteiger partial charge in [-0.3, -0.25) is 4.79 Å². The summed E-state index contributed by atoms with van der Waals surface area (Å²) in [6, 6.07) is 6.87. The molecule has 0 radical (unpaired) electrons. The average molecular weight is 325 g/mol. The van der Waals surface area contributed by atoms with Crippen LogP contribution < -0.4 is 0 Å². The highest BCUT2D eigenvalue weighted by atomic mass is 32.2. The van der Waals surface area contributed by atoms with E-state index in [4.69, 9.17) is 5.11 Å². The number of carboxylic acids is 1. The van der Waals surface area contributed by atoms with E-state index in [9.17, 15) is 13.2 Å². The molecule has 0 spiro atoms. The predicted molar refractivity (Wildman–Crippen MR) is 84.3 cm³/mol. The zero-order chi connectivity index (χ0) is 16.5. The van der Waals surface area contributed by atoms with Crippen molar-refractivity contribution in [2.24, 2.45) is 5.92 Å². The van der Waals surface area contributed by atoms with Crippen LogP contribution in [0.2, 0.25) is 0 Å². The summed E-state index contributed by atoms with van der Waals surface area (Å²) in [6.45, 7) is 6.64. The Hall–Kier alpha value is -1.40. The number of carboxylic acid groups (broad SMARTS) is 1. The summed E-state index contributed by atoms with van der Waals surface area (Å²) in [7, 11) is -3.62. The first kappa shape index (κ1) is 17.0. The molecule has 0 amide bonds. The van der Waals surface area contributed by atoms with E-state index in [1.54, 1.807) is 12.1 Å². The minimum atomic E-state index is -3.62. The minimum Gasteiger partial charge on any atom is -0.481 e. The van der Waals surface area contributed by atoms with Crippen LogP contribution in [0.25, 0.3) is 0 Å². The van der Waals surface area contributed by atoms with Crippen molar-refractivity contribution in [1.29, 1.82) is 0 Å². The fourth-order valence-corrected chi connectivity index (χ4v) is 4.16. The topological polar surface area (TPSA) is 74.7 Å². The minimum absolute atomic E-state index is 0.0399. The van der Waals surface area contributed by atoms with E-state index < -0.39 is 21.9 Å². The molecule has 122 valence electrons. The first-order valence-electron chi connectivity index (χ1n) is 7.46. The van der Waals surface area contributed by atoms with Crippen LogP contribution in [0.3, 0.4) is 0 Å². The third-order valence-electron chi connectivity index (χ3n) is 4.09. The zero-order valence-electron chi connectivity index (χ0n) is 13.2. The highest BCUT2D eigenvalue weighted by Crippen LogP contribution is 2.27. The molecule has 5 nitrogen and oxygen atoms in total. The standard InChI is InChI=1S/C16H23NO4S/c1-16(2,3)13-6-8-14(9-7-13)22(20,21)17-10-4-5-12(11-17)15(18)19/h6-9,12H,4-5,10-11H2,1-3H3,(H,18,19)/t12-/m1/s1. The van der Waals surface area contributed by atoms with Crippen molar-refractivity contribution < 1.29 is 18.3 Å². The number of benzene rings is 1. The Bertz CT molecular complexity index is 644. The lowest BCUT2D eigenvalue weighted by Crippen LogP contribution is -2.42. The lowest BCUT2D eigenvalue weighted by Gasteiger charge is -2.30. The van der Waals surface area contributed by atoms with E-state index in [1.165, 1.54) is 4.31 Å². The van der Waals surface area contributed by atoms with E-state index in [-0.39, 0.29) is 16.9 Å². The lowest BCUT2D eigenvalue weighted by molar-refractivity contribution is -0.142. The van der Waals surface area contributed by atoms with Crippen LogP contribution in [0.4, 0.5) is 0 Å². The molecule has 1 heterocycles. The maximum absolute atomic E-state index is 12.6. The largest absolute Gasteiger partial charge is 0.481 e. The van der Waals surface area contributed by atoms with Crippen molar-refractivity contribution in [3.63, 3.8) is 0 Å². The summed E-state index contributed by atoms with van der Waals surface area (Å²) in [5.74, 6) is -1.54. The second-order valence-corrected chi connectivity index (χ2v) is 8.75. The van der Waals surface area contributed by atoms with E-state index in [0.29, 0.717) is 19.4 Å². The maximum atomic E-state index is 12.6. The van der Waals surface area contributed by atoms with E-state index in [2.05, 4.69) is 20.8 Å². The summed E-state index contributed by atoms with van der Waals surface area (Å²) < 4.78 is 26.6. The summed E-state index contributed by atoms with van der Waals surface area (Å²) in [5.41, 5.74) is 1.02. The first-order chi connectivity index (χ1) is 10.1. The number of rotatable bonds is 3. The van der Waals surface area contributed by atoms with Crippen LogP contribution in [0.1, 0.15) is 39.2 Å². The molecule has 1 saturated heterocycles. The highest BCUT2D eigenvalue weighted by molar-refractivity contribution is 7.89. The van der Waals surface area contributed by atoms with Gasteiger partial charge >= 0.3 is 5.97 Å². The monoisotopic (exact) mass is 325 g/mol. The van der Waals surface area contributed by atoms with Gasteiger partial charge in [-0.1, -0.05) is 32.9 Å². The molecule has 0 unspecified atom stereocenters. The second kappa shape index (κ2) is 6.01. The number of hydrogen-bond donors (Lipinski definition) is 1. The number of carbonyl (C=O) groups is 1. The summed E-state index contributed by atoms with van der Waals surface area (Å²) in [6.07, 6.45) is 1.11. The Morgan fingerprint density at radius 1 is 1.23 bits per heavy atom. The highest BCUT2D eigenvalue weighted by Gasteiger charge is 2.33. The van der Waals surface area contributed by atoms with Crippen LogP contribution in [0.15, 0.2) is 29.2 Å². The third kappa shape index (κ3) is 3.50. The van der Waals surface area contributed by atoms with E-state index in [0.717, 1.165) is 5.56 Å². The molecular formula is C16H23NO4S. The van der Waals surface area contributed by atoms with Gasteiger partial charge in [0.05, 0.1) is 10.8 Å². The summed E-state index contributed by atoms with van der Waals surface area (Å²) >= 11 is 0. The molecule has 1 atom stereocenters. The number of hydrogen-bond acceptors (Lipinski definition) is 3. The third-order valence-corrected chi connectivity index (χ3v) is 5.97. The average Bonchev–Trinajstić information content (AvgIpc) is 2.46. The normalized spacial score (nSPS) is 20.8. The fourth-order valence-electron chi connectivity index (χ4n) is 2.64. The lowest BCUT2D eigenvalue weighted by atomic mass is 9.87. The molecular weight excluding hydrogens is 302 g/mol. The number of piperidine rings is 1. The molecule has 22 heavy (non-hydrogen) atoms. The van der Waals surface area contributed by atoms with Gasteiger partial charge in [-0.25, -0.2) is 8.42 Å². The smallest absolute Gasteiger partial charge is 0.307 e. The van der Waals surface area contributed by atoms with Crippen LogP contribution >= 0.6 is 0 Å². The molecule has 0 aromatic heterocycles. The van der Waals surface area contributed by atoms with Crippen LogP contribution in [0, 0.1) is 5.92 Å². The second-order valence-electron chi connectivity index (χ2n) is 6.81. The Labute approximate surface area is 132 Å². The molecule has 1 aliphatic rings. The summed E-state index contributed by atoms with van der Waals surface area (Å²) in [5, 5.41) is 9.10. The molecule has 0 saturated carbocycles. The molecule has 2 rings (SSSR count). The molecule has 0 bridgehead atoms. The van der Waals surface area contributed by atoms with Crippen LogP contribution in [0.5, 0.6) is 0 Å². The van der Waals surface area contributed by atoms with Gasteiger partial charge in [0.15, 0.2) is 0 Å². The number of sulfonamides is 1. The van der Waals surface area contributed by atoms with Crippen LogP contribution in [-0.2, 0) is 20.2 Å². The Morgan fingerprint density at radius 2 is 1.82 bits per heavy atom. The van der Waals surface area contributed by atoms with Gasteiger partial charge in [-0.15, -0.1) is 0 Å². The van der Waals surface area contributed by atoms with Crippen molar-refractivity contribution in [2.75, 3.05) is 13.1 Å². The fraction of sp³-hybridized carbons (Fsp3) is 0.562. The molecule has 0 aliphatic carbocycles. The quantitative estimate of drug-likeness (QED) is 0.926. The summed E-state index contributed by atoms with van der Waals surface area (Å²) in [4.78, 5) is 11.3. The zero-order valence-corrected chi connectivity index (χ0v) is 14.1. The van der Waals surface area contributed by atoms with E-state index in [1.807, 2.05) is 12.1 Å². The number of nitrogens with zero attached hydrogens (tertiary/aromatic N) is 1. The van der Waals surface area contributed by atoms with Crippen molar-refractivity contribution in [2.45, 2.75) is 43.9 Å². The Morgan fingerprint density at radius 3 is 2.32 bits per heavy atom. The van der Waals surface area contributed by atoms with Gasteiger partial charge < -0.3 is 5.11 Å². The Kier molecular flexibility index (Phi) is 4.63. The van der Waals surface area contributed by atoms with Gasteiger partial charge in [0.1, 0.15) is 0 Å². The van der Waals surface area contributed by atoms with Gasteiger partial charge in [0.25, 0.3) is 0 Å². The van der Waals surface area contributed by atoms with Gasteiger partial charge in [-0.2, -0.15) is 4.31 Å². The van der Waals surface area contributed by atoms with Crippen molar-refractivity contribution in [3.05, 3.63) is 29.8 Å². The van der Waals surface area contributed by atoms with E-state index >= 15 is 0 Å². The van der Waals surface area contributed by atoms with Crippen molar-refractivity contribution >= 4 is 16.0 Å². The predicted octanol–water partition coefficient (Wildman–Crippen LogP) is 2.47. The van der Waals surface area contributed by atoms with Gasteiger partial charge in [0, 0.05) is 13.1 Å².